The average molecular weight is 296 g/mol. The average Bonchev–Trinajstić information content (AvgIpc) is 2.90. The molecule has 0 heterocycles. The number of benzene rings is 1. The predicted molar refractivity (Wildman–Crippen MR) is 83.6 cm³/mol. The summed E-state index contributed by atoms with van der Waals surface area (Å²) in [5.74, 6) is -0.498. The summed E-state index contributed by atoms with van der Waals surface area (Å²) >= 11 is 0. The SMILES string of the molecule is CNCc1cc(F)c(N(CC(C)C)C2CCCC2)c(F)c1. The van der Waals surface area contributed by atoms with E-state index in [0.29, 0.717) is 24.6 Å². The molecule has 0 unspecified atom stereocenters. The van der Waals surface area contributed by atoms with Gasteiger partial charge in [0.05, 0.1) is 0 Å². The molecule has 0 spiro atoms. The minimum absolute atomic E-state index is 0.162. The van der Waals surface area contributed by atoms with E-state index in [0.717, 1.165) is 25.7 Å². The molecule has 0 saturated heterocycles. The maximum absolute atomic E-state index is 14.5. The maximum atomic E-state index is 14.5. The van der Waals surface area contributed by atoms with E-state index in [1.54, 1.807) is 7.05 Å². The van der Waals surface area contributed by atoms with Gasteiger partial charge in [0, 0.05) is 19.1 Å². The number of anilines is 1. The van der Waals surface area contributed by atoms with Gasteiger partial charge in [0.15, 0.2) is 0 Å². The van der Waals surface area contributed by atoms with Crippen LogP contribution in [-0.4, -0.2) is 19.6 Å². The predicted octanol–water partition coefficient (Wildman–Crippen LogP) is 4.09. The zero-order valence-corrected chi connectivity index (χ0v) is 13.3. The van der Waals surface area contributed by atoms with Crippen LogP contribution in [0, 0.1) is 17.6 Å². The third-order valence-corrected chi connectivity index (χ3v) is 4.07. The molecule has 1 N–H and O–H groups in total. The van der Waals surface area contributed by atoms with Gasteiger partial charge in [-0.25, -0.2) is 8.78 Å². The van der Waals surface area contributed by atoms with Crippen LogP contribution in [0.4, 0.5) is 14.5 Å². The standard InChI is InChI=1S/C17H26F2N2/c1-12(2)11-21(14-6-4-5-7-14)17-15(18)8-13(10-20-3)9-16(17)19/h8-9,12,14,20H,4-7,10-11H2,1-3H3. The molecule has 0 radical (unpaired) electrons. The summed E-state index contributed by atoms with van der Waals surface area (Å²) in [6, 6.07) is 3.18. The highest BCUT2D eigenvalue weighted by molar-refractivity contribution is 5.52. The van der Waals surface area contributed by atoms with Gasteiger partial charge in [-0.3, -0.25) is 0 Å². The summed E-state index contributed by atoms with van der Waals surface area (Å²) in [6.07, 6.45) is 4.37. The lowest BCUT2D eigenvalue weighted by Gasteiger charge is -2.33. The van der Waals surface area contributed by atoms with Crippen molar-refractivity contribution in [3.05, 3.63) is 29.3 Å². The molecule has 2 rings (SSSR count). The topological polar surface area (TPSA) is 15.3 Å². The van der Waals surface area contributed by atoms with Gasteiger partial charge in [-0.1, -0.05) is 26.7 Å². The monoisotopic (exact) mass is 296 g/mol. The van der Waals surface area contributed by atoms with E-state index in [2.05, 4.69) is 19.2 Å². The first-order valence-electron chi connectivity index (χ1n) is 7.92. The lowest BCUT2D eigenvalue weighted by molar-refractivity contribution is 0.499. The fourth-order valence-electron chi connectivity index (χ4n) is 3.23. The van der Waals surface area contributed by atoms with Crippen LogP contribution in [0.15, 0.2) is 12.1 Å². The van der Waals surface area contributed by atoms with Crippen LogP contribution in [0.3, 0.4) is 0 Å². The van der Waals surface area contributed by atoms with Crippen molar-refractivity contribution in [2.45, 2.75) is 52.1 Å². The fraction of sp³-hybridized carbons (Fsp3) is 0.647. The minimum Gasteiger partial charge on any atom is -0.364 e. The minimum atomic E-state index is -0.437. The zero-order chi connectivity index (χ0) is 15.4. The third kappa shape index (κ3) is 3.94. The van der Waals surface area contributed by atoms with Crippen LogP contribution in [0.5, 0.6) is 0 Å². The third-order valence-electron chi connectivity index (χ3n) is 4.07. The Morgan fingerprint density at radius 2 is 1.76 bits per heavy atom. The van der Waals surface area contributed by atoms with Crippen LogP contribution in [0.2, 0.25) is 0 Å². The van der Waals surface area contributed by atoms with Gasteiger partial charge >= 0.3 is 0 Å². The Balaban J connectivity index is 2.34. The Morgan fingerprint density at radius 3 is 2.24 bits per heavy atom. The molecule has 1 saturated carbocycles. The molecular formula is C17H26F2N2. The van der Waals surface area contributed by atoms with Crippen molar-refractivity contribution < 1.29 is 8.78 Å². The van der Waals surface area contributed by atoms with Crippen molar-refractivity contribution in [3.63, 3.8) is 0 Å². The molecule has 0 amide bonds. The highest BCUT2D eigenvalue weighted by Gasteiger charge is 2.28. The first kappa shape index (κ1) is 16.2. The van der Waals surface area contributed by atoms with Gasteiger partial charge in [-0.15, -0.1) is 0 Å². The van der Waals surface area contributed by atoms with Crippen molar-refractivity contribution in [1.29, 1.82) is 0 Å². The van der Waals surface area contributed by atoms with Crippen LogP contribution >= 0.6 is 0 Å². The van der Waals surface area contributed by atoms with Gasteiger partial charge in [-0.2, -0.15) is 0 Å². The molecule has 0 bridgehead atoms. The van der Waals surface area contributed by atoms with E-state index >= 15 is 0 Å². The second kappa shape index (κ2) is 7.21. The van der Waals surface area contributed by atoms with Crippen LogP contribution in [-0.2, 0) is 6.54 Å². The summed E-state index contributed by atoms with van der Waals surface area (Å²) < 4.78 is 29.0. The van der Waals surface area contributed by atoms with Crippen molar-refractivity contribution in [2.24, 2.45) is 5.92 Å². The Bertz CT molecular complexity index is 445. The fourth-order valence-corrected chi connectivity index (χ4v) is 3.23. The molecule has 1 fully saturated rings. The molecular weight excluding hydrogens is 270 g/mol. The number of nitrogens with zero attached hydrogens (tertiary/aromatic N) is 1. The molecule has 2 nitrogen and oxygen atoms in total. The van der Waals surface area contributed by atoms with Crippen LogP contribution in [0.25, 0.3) is 0 Å². The maximum Gasteiger partial charge on any atom is 0.149 e. The number of nitrogens with one attached hydrogen (secondary N) is 1. The normalized spacial score (nSPS) is 15.9. The summed E-state index contributed by atoms with van der Waals surface area (Å²) in [5.41, 5.74) is 0.808. The molecule has 1 aromatic carbocycles. The van der Waals surface area contributed by atoms with Gasteiger partial charge in [-0.05, 0) is 43.5 Å². The van der Waals surface area contributed by atoms with Crippen molar-refractivity contribution in [1.82, 2.24) is 5.32 Å². The molecule has 0 atom stereocenters. The number of hydrogen-bond donors (Lipinski definition) is 1. The lowest BCUT2D eigenvalue weighted by Crippen LogP contribution is -2.37. The Morgan fingerprint density at radius 1 is 1.19 bits per heavy atom. The van der Waals surface area contributed by atoms with Crippen molar-refractivity contribution >= 4 is 5.69 Å². The molecule has 1 aliphatic carbocycles. The van der Waals surface area contributed by atoms with Gasteiger partial charge in [0.25, 0.3) is 0 Å². The van der Waals surface area contributed by atoms with Crippen LogP contribution in [0.1, 0.15) is 45.1 Å². The Hall–Kier alpha value is -1.16. The van der Waals surface area contributed by atoms with E-state index in [9.17, 15) is 8.78 Å². The Kier molecular flexibility index (Phi) is 5.57. The molecule has 4 heteroatoms. The summed E-state index contributed by atoms with van der Waals surface area (Å²) in [7, 11) is 1.77. The second-order valence-corrected chi connectivity index (χ2v) is 6.42. The van der Waals surface area contributed by atoms with Gasteiger partial charge in [0.1, 0.15) is 17.3 Å². The lowest BCUT2D eigenvalue weighted by atomic mass is 10.1. The highest BCUT2D eigenvalue weighted by Crippen LogP contribution is 2.33. The summed E-state index contributed by atoms with van der Waals surface area (Å²) in [5, 5.41) is 2.93. The van der Waals surface area contributed by atoms with Crippen molar-refractivity contribution in [2.75, 3.05) is 18.5 Å². The van der Waals surface area contributed by atoms with Gasteiger partial charge < -0.3 is 10.2 Å². The zero-order valence-electron chi connectivity index (χ0n) is 13.3. The molecule has 0 aromatic heterocycles. The summed E-state index contributed by atoms with van der Waals surface area (Å²) in [4.78, 5) is 1.96. The van der Waals surface area contributed by atoms with Gasteiger partial charge in [0.2, 0.25) is 0 Å². The van der Waals surface area contributed by atoms with E-state index in [-0.39, 0.29) is 11.7 Å². The van der Waals surface area contributed by atoms with E-state index in [4.69, 9.17) is 0 Å². The molecule has 21 heavy (non-hydrogen) atoms. The largest absolute Gasteiger partial charge is 0.364 e. The highest BCUT2D eigenvalue weighted by atomic mass is 19.1. The molecule has 118 valence electrons. The Labute approximate surface area is 126 Å². The summed E-state index contributed by atoms with van der Waals surface area (Å²) in [6.45, 7) is 5.35. The smallest absolute Gasteiger partial charge is 0.149 e. The van der Waals surface area contributed by atoms with E-state index in [1.807, 2.05) is 4.90 Å². The second-order valence-electron chi connectivity index (χ2n) is 6.42. The molecule has 0 aliphatic heterocycles. The molecule has 1 aliphatic rings. The molecule has 1 aromatic rings. The first-order chi connectivity index (χ1) is 10.0. The quantitative estimate of drug-likeness (QED) is 0.850. The van der Waals surface area contributed by atoms with E-state index in [1.165, 1.54) is 12.1 Å². The van der Waals surface area contributed by atoms with E-state index < -0.39 is 11.6 Å². The first-order valence-corrected chi connectivity index (χ1v) is 7.92. The number of rotatable bonds is 6. The number of hydrogen-bond acceptors (Lipinski definition) is 2. The van der Waals surface area contributed by atoms with Crippen LogP contribution < -0.4 is 10.2 Å². The van der Waals surface area contributed by atoms with Crippen molar-refractivity contribution in [3.8, 4) is 0 Å². The number of halogens is 2.